The quantitative estimate of drug-likeness (QED) is 0.528. The maximum atomic E-state index is 12.6. The maximum Gasteiger partial charge on any atom is 0.387 e. The lowest BCUT2D eigenvalue weighted by molar-refractivity contribution is -0.0499. The number of hydrogen-bond acceptors (Lipinski definition) is 8. The van der Waals surface area contributed by atoms with Gasteiger partial charge in [0.15, 0.2) is 15.7 Å². The summed E-state index contributed by atoms with van der Waals surface area (Å²) in [7, 11) is -3.66. The molecule has 3 N–H and O–H groups in total. The monoisotopic (exact) mass is 424 g/mol. The highest BCUT2D eigenvalue weighted by atomic mass is 32.2. The van der Waals surface area contributed by atoms with Crippen LogP contribution in [0.1, 0.15) is 11.3 Å². The van der Waals surface area contributed by atoms with Crippen LogP contribution >= 0.6 is 0 Å². The number of anilines is 4. The van der Waals surface area contributed by atoms with Gasteiger partial charge in [0.05, 0.1) is 4.90 Å². The Morgan fingerprint density at radius 3 is 2.55 bits per heavy atom. The van der Waals surface area contributed by atoms with E-state index in [1.165, 1.54) is 18.3 Å². The molecule has 0 aliphatic rings. The number of alkyl halides is 2. The van der Waals surface area contributed by atoms with E-state index in [9.17, 15) is 17.2 Å². The minimum atomic E-state index is -3.66. The summed E-state index contributed by atoms with van der Waals surface area (Å²) in [6.07, 6.45) is 2.44. The smallest absolute Gasteiger partial charge is 0.387 e. The molecule has 0 bridgehead atoms. The third-order valence-electron chi connectivity index (χ3n) is 3.94. The van der Waals surface area contributed by atoms with Crippen LogP contribution < -0.4 is 15.4 Å². The Labute approximate surface area is 165 Å². The number of H-pyrrole nitrogens is 1. The number of nitrogens with one attached hydrogen (secondary N) is 3. The van der Waals surface area contributed by atoms with E-state index >= 15 is 0 Å². The van der Waals surface area contributed by atoms with Crippen LogP contribution in [0.2, 0.25) is 0 Å². The normalized spacial score (nSPS) is 11.5. The largest absolute Gasteiger partial charge is 0.435 e. The first-order chi connectivity index (χ1) is 13.6. The summed E-state index contributed by atoms with van der Waals surface area (Å²) in [6, 6.07) is 5.14. The number of rotatable bonds is 7. The Kier molecular flexibility index (Phi) is 5.64. The van der Waals surface area contributed by atoms with Gasteiger partial charge in [-0.2, -0.15) is 18.9 Å². The molecule has 0 saturated carbocycles. The van der Waals surface area contributed by atoms with Crippen LogP contribution in [-0.2, 0) is 9.84 Å². The molecule has 3 aromatic rings. The summed E-state index contributed by atoms with van der Waals surface area (Å²) < 4.78 is 53.2. The zero-order valence-corrected chi connectivity index (χ0v) is 16.5. The molecule has 0 aliphatic carbocycles. The molecule has 154 valence electrons. The number of aromatic nitrogens is 4. The fourth-order valence-corrected chi connectivity index (χ4v) is 3.05. The van der Waals surface area contributed by atoms with E-state index in [4.69, 9.17) is 0 Å². The zero-order chi connectivity index (χ0) is 21.2. The lowest BCUT2D eigenvalue weighted by Gasteiger charge is -2.11. The number of benzene rings is 1. The lowest BCUT2D eigenvalue weighted by atomic mass is 10.3. The van der Waals surface area contributed by atoms with E-state index in [1.54, 1.807) is 6.07 Å². The fraction of sp³-hybridized carbons (Fsp3) is 0.235. The van der Waals surface area contributed by atoms with Gasteiger partial charge in [-0.05, 0) is 32.0 Å². The predicted molar refractivity (Wildman–Crippen MR) is 103 cm³/mol. The van der Waals surface area contributed by atoms with Crippen LogP contribution in [0.15, 0.2) is 35.4 Å². The number of nitrogens with zero attached hydrogens (tertiary/aromatic N) is 3. The van der Waals surface area contributed by atoms with Gasteiger partial charge in [-0.25, -0.2) is 13.4 Å². The Bertz CT molecular complexity index is 1130. The average Bonchev–Trinajstić information content (AvgIpc) is 2.92. The van der Waals surface area contributed by atoms with Gasteiger partial charge in [0.1, 0.15) is 11.6 Å². The van der Waals surface area contributed by atoms with Crippen molar-refractivity contribution in [3.8, 4) is 5.75 Å². The predicted octanol–water partition coefficient (Wildman–Crippen LogP) is 3.31. The molecular weight excluding hydrogens is 406 g/mol. The van der Waals surface area contributed by atoms with Crippen molar-refractivity contribution in [1.82, 2.24) is 20.2 Å². The van der Waals surface area contributed by atoms with Gasteiger partial charge in [-0.3, -0.25) is 5.10 Å². The molecule has 0 unspecified atom stereocenters. The van der Waals surface area contributed by atoms with Crippen molar-refractivity contribution in [1.29, 1.82) is 0 Å². The van der Waals surface area contributed by atoms with Gasteiger partial charge < -0.3 is 15.4 Å². The van der Waals surface area contributed by atoms with Crippen molar-refractivity contribution < 1.29 is 21.9 Å². The molecule has 0 spiro atoms. The second kappa shape index (κ2) is 7.99. The van der Waals surface area contributed by atoms with E-state index in [0.717, 1.165) is 23.6 Å². The summed E-state index contributed by atoms with van der Waals surface area (Å²) in [6.45, 7) is 0.679. The summed E-state index contributed by atoms with van der Waals surface area (Å²) >= 11 is 0. The van der Waals surface area contributed by atoms with Crippen LogP contribution in [0.4, 0.5) is 32.1 Å². The van der Waals surface area contributed by atoms with Crippen LogP contribution in [0, 0.1) is 13.8 Å². The van der Waals surface area contributed by atoms with E-state index in [1.807, 2.05) is 13.8 Å². The number of halogens is 2. The molecule has 2 aromatic heterocycles. The third kappa shape index (κ3) is 5.16. The number of ether oxygens (including phenoxy) is 1. The molecule has 2 heterocycles. The van der Waals surface area contributed by atoms with E-state index < -0.39 is 16.4 Å². The number of aromatic amines is 1. The van der Waals surface area contributed by atoms with E-state index in [-0.39, 0.29) is 22.3 Å². The molecule has 29 heavy (non-hydrogen) atoms. The maximum absolute atomic E-state index is 12.6. The molecule has 1 aromatic carbocycles. The Morgan fingerprint density at radius 1 is 1.17 bits per heavy atom. The summed E-state index contributed by atoms with van der Waals surface area (Å²) in [5.41, 5.74) is 2.00. The molecule has 12 heteroatoms. The fourth-order valence-electron chi connectivity index (χ4n) is 2.37. The number of sulfone groups is 1. The van der Waals surface area contributed by atoms with Gasteiger partial charge in [-0.1, -0.05) is 0 Å². The Hall–Kier alpha value is -3.28. The van der Waals surface area contributed by atoms with E-state index in [2.05, 4.69) is 35.5 Å². The lowest BCUT2D eigenvalue weighted by Crippen LogP contribution is -2.06. The second-order valence-electron chi connectivity index (χ2n) is 6.18. The molecule has 0 amide bonds. The highest BCUT2D eigenvalue weighted by Crippen LogP contribution is 2.27. The van der Waals surface area contributed by atoms with Crippen molar-refractivity contribution >= 4 is 33.1 Å². The first-order valence-electron chi connectivity index (χ1n) is 8.30. The van der Waals surface area contributed by atoms with Crippen LogP contribution in [-0.4, -0.2) is 41.5 Å². The van der Waals surface area contributed by atoms with Crippen molar-refractivity contribution in [3.63, 3.8) is 0 Å². The third-order valence-corrected chi connectivity index (χ3v) is 5.04. The van der Waals surface area contributed by atoms with E-state index in [0.29, 0.717) is 11.6 Å². The number of hydrogen-bond donors (Lipinski definition) is 3. The highest BCUT2D eigenvalue weighted by Gasteiger charge is 2.14. The van der Waals surface area contributed by atoms with Gasteiger partial charge in [-0.15, -0.1) is 0 Å². The zero-order valence-electron chi connectivity index (χ0n) is 15.7. The van der Waals surface area contributed by atoms with Crippen LogP contribution in [0.3, 0.4) is 0 Å². The Morgan fingerprint density at radius 2 is 1.93 bits per heavy atom. The molecule has 0 atom stereocenters. The van der Waals surface area contributed by atoms with Gasteiger partial charge >= 0.3 is 6.61 Å². The first-order valence-corrected chi connectivity index (χ1v) is 10.2. The second-order valence-corrected chi connectivity index (χ2v) is 8.20. The molecular formula is C17H18F2N6O3S. The number of aryl methyl sites for hydroxylation is 1. The summed E-state index contributed by atoms with van der Waals surface area (Å²) in [5, 5.41) is 12.8. The average molecular weight is 424 g/mol. The molecule has 0 radical (unpaired) electrons. The molecule has 0 saturated heterocycles. The minimum Gasteiger partial charge on any atom is -0.435 e. The minimum absolute atomic E-state index is 0.119. The van der Waals surface area contributed by atoms with Gasteiger partial charge in [0, 0.05) is 35.5 Å². The summed E-state index contributed by atoms with van der Waals surface area (Å²) in [5.74, 6) is 0.843. The Balaban J connectivity index is 1.88. The highest BCUT2D eigenvalue weighted by molar-refractivity contribution is 7.90. The SMILES string of the molecule is Cc1[nH]nc(Nc2ccnc(Nc3cc(OC(F)F)cc(S(C)(=O)=O)c3)n2)c1C. The molecule has 0 fully saturated rings. The first kappa shape index (κ1) is 20.5. The van der Waals surface area contributed by atoms with Crippen LogP contribution in [0.5, 0.6) is 5.75 Å². The van der Waals surface area contributed by atoms with Crippen molar-refractivity contribution in [2.75, 3.05) is 16.9 Å². The van der Waals surface area contributed by atoms with Crippen molar-refractivity contribution in [2.24, 2.45) is 0 Å². The topological polar surface area (TPSA) is 122 Å². The molecule has 0 aliphatic heterocycles. The summed E-state index contributed by atoms with van der Waals surface area (Å²) in [4.78, 5) is 8.14. The molecule has 3 rings (SSSR count). The molecule has 9 nitrogen and oxygen atoms in total. The van der Waals surface area contributed by atoms with Gasteiger partial charge in [0.2, 0.25) is 5.95 Å². The van der Waals surface area contributed by atoms with Crippen molar-refractivity contribution in [2.45, 2.75) is 25.4 Å². The van der Waals surface area contributed by atoms with Crippen molar-refractivity contribution in [3.05, 3.63) is 41.7 Å². The van der Waals surface area contributed by atoms with Gasteiger partial charge in [0.25, 0.3) is 0 Å². The van der Waals surface area contributed by atoms with Crippen LogP contribution in [0.25, 0.3) is 0 Å². The standard InChI is InChI=1S/C17H18F2N6O3S/c1-9-10(2)24-25-15(9)22-14-4-5-20-17(23-14)21-11-6-12(28-16(18)19)8-13(7-11)29(3,26)27/h4-8,16H,1-3H3,(H3,20,21,22,23,24,25).